The largest absolute Gasteiger partial charge is 0.467 e. The number of hydrogen-bond donors (Lipinski definition) is 1. The maximum atomic E-state index is 11.5. The van der Waals surface area contributed by atoms with E-state index in [0.717, 1.165) is 5.57 Å². The molecule has 1 heterocycles. The van der Waals surface area contributed by atoms with Gasteiger partial charge < -0.3 is 14.8 Å². The summed E-state index contributed by atoms with van der Waals surface area (Å²) in [6, 6.07) is -0.609. The van der Waals surface area contributed by atoms with Crippen molar-refractivity contribution in [2.75, 3.05) is 20.3 Å². The van der Waals surface area contributed by atoms with Crippen molar-refractivity contribution in [1.29, 1.82) is 0 Å². The van der Waals surface area contributed by atoms with Gasteiger partial charge in [-0.1, -0.05) is 5.57 Å². The number of allylic oxidation sites excluding steroid dienone is 1. The molecule has 0 saturated carbocycles. The second-order valence-corrected chi connectivity index (χ2v) is 4.03. The summed E-state index contributed by atoms with van der Waals surface area (Å²) in [5.41, 5.74) is 0.881. The molecule has 0 aliphatic carbocycles. The highest BCUT2D eigenvalue weighted by Crippen LogP contribution is 2.16. The minimum atomic E-state index is -0.609. The van der Waals surface area contributed by atoms with E-state index in [2.05, 4.69) is 10.1 Å². The fraction of sp³-hybridized carbons (Fsp3) is 0.636. The predicted molar refractivity (Wildman–Crippen MR) is 57.7 cm³/mol. The summed E-state index contributed by atoms with van der Waals surface area (Å²) in [5, 5.41) is 2.63. The first-order valence-corrected chi connectivity index (χ1v) is 5.15. The van der Waals surface area contributed by atoms with Crippen LogP contribution in [0.1, 0.15) is 13.8 Å². The molecule has 1 rings (SSSR count). The number of esters is 1. The van der Waals surface area contributed by atoms with Crippen LogP contribution in [-0.4, -0.2) is 38.2 Å². The molecule has 0 aromatic heterocycles. The van der Waals surface area contributed by atoms with Gasteiger partial charge in [0.15, 0.2) is 0 Å². The van der Waals surface area contributed by atoms with Gasteiger partial charge in [-0.2, -0.15) is 0 Å². The molecule has 0 aromatic rings. The maximum Gasteiger partial charge on any atom is 0.328 e. The molecule has 16 heavy (non-hydrogen) atoms. The van der Waals surface area contributed by atoms with Gasteiger partial charge in [0.05, 0.1) is 20.3 Å². The smallest absolute Gasteiger partial charge is 0.328 e. The Balaban J connectivity index is 2.59. The van der Waals surface area contributed by atoms with Crippen molar-refractivity contribution in [3.63, 3.8) is 0 Å². The van der Waals surface area contributed by atoms with Gasteiger partial charge in [-0.3, -0.25) is 4.79 Å². The van der Waals surface area contributed by atoms with E-state index in [4.69, 9.17) is 4.74 Å². The van der Waals surface area contributed by atoms with Crippen molar-refractivity contribution in [3.8, 4) is 0 Å². The van der Waals surface area contributed by atoms with Gasteiger partial charge in [0.25, 0.3) is 0 Å². The highest BCUT2D eigenvalue weighted by Gasteiger charge is 2.35. The quantitative estimate of drug-likeness (QED) is 0.552. The van der Waals surface area contributed by atoms with E-state index in [0.29, 0.717) is 13.2 Å². The summed E-state index contributed by atoms with van der Waals surface area (Å²) in [5.74, 6) is -0.687. The number of carbonyl (C=O) groups is 2. The molecule has 0 aromatic carbocycles. The van der Waals surface area contributed by atoms with Crippen LogP contribution in [0.2, 0.25) is 0 Å². The summed E-state index contributed by atoms with van der Waals surface area (Å²) in [7, 11) is 1.31. The molecule has 0 spiro atoms. The van der Waals surface area contributed by atoms with Gasteiger partial charge >= 0.3 is 5.97 Å². The Morgan fingerprint density at radius 3 is 2.44 bits per heavy atom. The first-order valence-electron chi connectivity index (χ1n) is 5.15. The maximum absolute atomic E-state index is 11.5. The first kappa shape index (κ1) is 12.7. The van der Waals surface area contributed by atoms with E-state index < -0.39 is 12.0 Å². The molecule has 0 bridgehead atoms. The third kappa shape index (κ3) is 3.34. The molecule has 1 amide bonds. The molecule has 1 unspecified atom stereocenters. The lowest BCUT2D eigenvalue weighted by Crippen LogP contribution is -2.52. The van der Waals surface area contributed by atoms with Crippen molar-refractivity contribution in [2.24, 2.45) is 5.92 Å². The highest BCUT2D eigenvalue weighted by atomic mass is 16.5. The Morgan fingerprint density at radius 2 is 2.06 bits per heavy atom. The number of nitrogens with one attached hydrogen (secondary N) is 1. The summed E-state index contributed by atoms with van der Waals surface area (Å²) in [6.45, 7) is 4.60. The number of amides is 1. The van der Waals surface area contributed by atoms with Crippen LogP contribution in [0.3, 0.4) is 0 Å². The fourth-order valence-corrected chi connectivity index (χ4v) is 1.40. The molecule has 0 radical (unpaired) electrons. The zero-order valence-corrected chi connectivity index (χ0v) is 9.78. The van der Waals surface area contributed by atoms with Crippen LogP contribution in [0, 0.1) is 5.92 Å². The highest BCUT2D eigenvalue weighted by molar-refractivity contribution is 5.92. The van der Waals surface area contributed by atoms with E-state index in [1.165, 1.54) is 13.2 Å². The SMILES string of the molecule is COC(=O)C(NC(=O)C=C(C)C)C1COC1. The van der Waals surface area contributed by atoms with Crippen molar-refractivity contribution in [1.82, 2.24) is 5.32 Å². The Labute approximate surface area is 94.8 Å². The Hall–Kier alpha value is -1.36. The Morgan fingerprint density at radius 1 is 1.44 bits per heavy atom. The molecule has 1 atom stereocenters. The normalized spacial score (nSPS) is 16.9. The molecular weight excluding hydrogens is 210 g/mol. The average Bonchev–Trinajstić information content (AvgIpc) is 2.11. The summed E-state index contributed by atoms with van der Waals surface area (Å²) < 4.78 is 9.64. The lowest BCUT2D eigenvalue weighted by Gasteiger charge is -2.32. The minimum absolute atomic E-state index is 0.0157. The van der Waals surface area contributed by atoms with E-state index in [1.807, 2.05) is 13.8 Å². The van der Waals surface area contributed by atoms with Gasteiger partial charge in [0, 0.05) is 12.0 Å². The number of hydrogen-bond acceptors (Lipinski definition) is 4. The third-order valence-electron chi connectivity index (χ3n) is 2.31. The lowest BCUT2D eigenvalue weighted by atomic mass is 9.98. The summed E-state index contributed by atoms with van der Waals surface area (Å²) in [4.78, 5) is 22.9. The lowest BCUT2D eigenvalue weighted by molar-refractivity contribution is -0.152. The van der Waals surface area contributed by atoms with Crippen molar-refractivity contribution in [3.05, 3.63) is 11.6 Å². The van der Waals surface area contributed by atoms with E-state index in [9.17, 15) is 9.59 Å². The van der Waals surface area contributed by atoms with Gasteiger partial charge in [0.1, 0.15) is 6.04 Å². The minimum Gasteiger partial charge on any atom is -0.467 e. The van der Waals surface area contributed by atoms with Crippen molar-refractivity contribution >= 4 is 11.9 Å². The van der Waals surface area contributed by atoms with Crippen LogP contribution in [0.5, 0.6) is 0 Å². The predicted octanol–water partition coefficient (Wildman–Crippen LogP) is 0.257. The Kier molecular flexibility index (Phi) is 4.49. The van der Waals surface area contributed by atoms with Crippen LogP contribution < -0.4 is 5.32 Å². The first-order chi connectivity index (χ1) is 7.54. The van der Waals surface area contributed by atoms with Crippen molar-refractivity contribution < 1.29 is 19.1 Å². The zero-order chi connectivity index (χ0) is 12.1. The van der Waals surface area contributed by atoms with Crippen LogP contribution in [0.15, 0.2) is 11.6 Å². The molecule has 90 valence electrons. The summed E-state index contributed by atoms with van der Waals surface area (Å²) in [6.07, 6.45) is 1.45. The van der Waals surface area contributed by atoms with Crippen LogP contribution in [0.4, 0.5) is 0 Å². The molecule has 1 saturated heterocycles. The number of methoxy groups -OCH3 is 1. The van der Waals surface area contributed by atoms with Crippen molar-refractivity contribution in [2.45, 2.75) is 19.9 Å². The standard InChI is InChI=1S/C11H17NO4/c1-7(2)4-9(13)12-10(11(14)15-3)8-5-16-6-8/h4,8,10H,5-6H2,1-3H3,(H,12,13). The van der Waals surface area contributed by atoms with E-state index in [-0.39, 0.29) is 11.8 Å². The van der Waals surface area contributed by atoms with E-state index >= 15 is 0 Å². The number of ether oxygens (including phenoxy) is 2. The monoisotopic (exact) mass is 227 g/mol. The summed E-state index contributed by atoms with van der Waals surface area (Å²) >= 11 is 0. The van der Waals surface area contributed by atoms with Gasteiger partial charge in [-0.25, -0.2) is 4.79 Å². The van der Waals surface area contributed by atoms with Gasteiger partial charge in [-0.05, 0) is 13.8 Å². The number of rotatable bonds is 4. The molecule has 5 nitrogen and oxygen atoms in total. The average molecular weight is 227 g/mol. The third-order valence-corrected chi connectivity index (χ3v) is 2.31. The molecule has 5 heteroatoms. The fourth-order valence-electron chi connectivity index (χ4n) is 1.40. The molecule has 1 N–H and O–H groups in total. The molecule has 1 fully saturated rings. The number of carbonyl (C=O) groups excluding carboxylic acids is 2. The second kappa shape index (κ2) is 5.65. The van der Waals surface area contributed by atoms with Crippen LogP contribution in [-0.2, 0) is 19.1 Å². The van der Waals surface area contributed by atoms with Crippen LogP contribution in [0.25, 0.3) is 0 Å². The second-order valence-electron chi connectivity index (χ2n) is 4.03. The van der Waals surface area contributed by atoms with Gasteiger partial charge in [-0.15, -0.1) is 0 Å². The van der Waals surface area contributed by atoms with Gasteiger partial charge in [0.2, 0.25) is 5.91 Å². The molecule has 1 aliphatic heterocycles. The topological polar surface area (TPSA) is 64.6 Å². The Bertz CT molecular complexity index is 303. The van der Waals surface area contributed by atoms with E-state index in [1.54, 1.807) is 0 Å². The van der Waals surface area contributed by atoms with Crippen LogP contribution >= 0.6 is 0 Å². The zero-order valence-electron chi connectivity index (χ0n) is 9.78. The molecule has 1 aliphatic rings. The molecular formula is C11H17NO4.